The zero-order valence-electron chi connectivity index (χ0n) is 9.66. The SMILES string of the molecule is CC(=O)C=C(C)Nc1cc(F)c([N+](=O)[O-])cc1Br. The first kappa shape index (κ1) is 14.3. The maximum absolute atomic E-state index is 13.4. The van der Waals surface area contributed by atoms with E-state index < -0.39 is 16.4 Å². The lowest BCUT2D eigenvalue weighted by molar-refractivity contribution is -0.387. The number of nitrogens with one attached hydrogen (secondary N) is 1. The van der Waals surface area contributed by atoms with E-state index in [1.807, 2.05) is 0 Å². The summed E-state index contributed by atoms with van der Waals surface area (Å²) in [6.07, 6.45) is 1.34. The van der Waals surface area contributed by atoms with Gasteiger partial charge >= 0.3 is 5.69 Å². The summed E-state index contributed by atoms with van der Waals surface area (Å²) in [5.41, 5.74) is 0.213. The van der Waals surface area contributed by atoms with E-state index in [4.69, 9.17) is 0 Å². The molecular formula is C11H10BrFN2O3. The lowest BCUT2D eigenvalue weighted by atomic mass is 10.2. The summed E-state index contributed by atoms with van der Waals surface area (Å²) >= 11 is 3.10. The summed E-state index contributed by atoms with van der Waals surface area (Å²) in [6, 6.07) is 2.07. The largest absolute Gasteiger partial charge is 0.358 e. The number of benzene rings is 1. The van der Waals surface area contributed by atoms with Crippen molar-refractivity contribution >= 4 is 33.1 Å². The number of ketones is 1. The highest BCUT2D eigenvalue weighted by atomic mass is 79.9. The highest BCUT2D eigenvalue weighted by Crippen LogP contribution is 2.30. The predicted molar refractivity (Wildman–Crippen MR) is 68.8 cm³/mol. The lowest BCUT2D eigenvalue weighted by Gasteiger charge is -2.08. The minimum Gasteiger partial charge on any atom is -0.358 e. The number of nitro groups is 1. The molecule has 5 nitrogen and oxygen atoms in total. The molecule has 1 aromatic carbocycles. The molecule has 0 aliphatic rings. The number of nitrogens with zero attached hydrogens (tertiary/aromatic N) is 1. The van der Waals surface area contributed by atoms with Crippen molar-refractivity contribution in [1.29, 1.82) is 0 Å². The number of nitro benzene ring substituents is 1. The molecule has 1 N–H and O–H groups in total. The minimum absolute atomic E-state index is 0.154. The van der Waals surface area contributed by atoms with Crippen molar-refractivity contribution in [3.05, 3.63) is 44.3 Å². The van der Waals surface area contributed by atoms with Gasteiger partial charge in [-0.2, -0.15) is 4.39 Å². The van der Waals surface area contributed by atoms with Crippen LogP contribution in [-0.4, -0.2) is 10.7 Å². The van der Waals surface area contributed by atoms with Crippen molar-refractivity contribution in [3.8, 4) is 0 Å². The van der Waals surface area contributed by atoms with Crippen molar-refractivity contribution in [2.45, 2.75) is 13.8 Å². The average molecular weight is 317 g/mol. The van der Waals surface area contributed by atoms with Crippen LogP contribution in [0.4, 0.5) is 15.8 Å². The van der Waals surface area contributed by atoms with Crippen LogP contribution < -0.4 is 5.32 Å². The first-order chi connectivity index (χ1) is 8.31. The van der Waals surface area contributed by atoms with E-state index in [0.717, 1.165) is 12.1 Å². The molecule has 0 amide bonds. The summed E-state index contributed by atoms with van der Waals surface area (Å²) in [7, 11) is 0. The Bertz CT molecular complexity index is 543. The second kappa shape index (κ2) is 5.72. The summed E-state index contributed by atoms with van der Waals surface area (Å²) in [6.45, 7) is 3.02. The molecule has 0 bridgehead atoms. The fourth-order valence-corrected chi connectivity index (χ4v) is 1.76. The maximum atomic E-state index is 13.4. The molecule has 0 radical (unpaired) electrons. The van der Waals surface area contributed by atoms with Gasteiger partial charge in [-0.25, -0.2) is 0 Å². The second-order valence-corrected chi connectivity index (χ2v) is 4.46. The number of halogens is 2. The van der Waals surface area contributed by atoms with Crippen LogP contribution in [0.1, 0.15) is 13.8 Å². The van der Waals surface area contributed by atoms with E-state index in [2.05, 4.69) is 21.2 Å². The van der Waals surface area contributed by atoms with E-state index in [1.54, 1.807) is 6.92 Å². The van der Waals surface area contributed by atoms with Crippen LogP contribution in [0.5, 0.6) is 0 Å². The highest BCUT2D eigenvalue weighted by molar-refractivity contribution is 9.10. The summed E-state index contributed by atoms with van der Waals surface area (Å²) in [4.78, 5) is 20.6. The van der Waals surface area contributed by atoms with Crippen molar-refractivity contribution in [2.24, 2.45) is 0 Å². The monoisotopic (exact) mass is 316 g/mol. The van der Waals surface area contributed by atoms with E-state index in [9.17, 15) is 19.3 Å². The third-order valence-corrected chi connectivity index (χ3v) is 2.64. The van der Waals surface area contributed by atoms with Gasteiger partial charge in [-0.3, -0.25) is 14.9 Å². The Morgan fingerprint density at radius 2 is 2.11 bits per heavy atom. The van der Waals surface area contributed by atoms with Gasteiger partial charge in [0.2, 0.25) is 5.82 Å². The van der Waals surface area contributed by atoms with Crippen LogP contribution in [0.3, 0.4) is 0 Å². The minimum atomic E-state index is -0.943. The van der Waals surface area contributed by atoms with Gasteiger partial charge in [-0.1, -0.05) is 0 Å². The van der Waals surface area contributed by atoms with Crippen LogP contribution in [0.2, 0.25) is 0 Å². The number of rotatable bonds is 4. The van der Waals surface area contributed by atoms with E-state index in [-0.39, 0.29) is 5.78 Å². The Kier molecular flexibility index (Phi) is 4.55. The number of hydrogen-bond acceptors (Lipinski definition) is 4. The molecule has 0 fully saturated rings. The molecule has 0 atom stereocenters. The van der Waals surface area contributed by atoms with Crippen LogP contribution >= 0.6 is 15.9 Å². The predicted octanol–water partition coefficient (Wildman–Crippen LogP) is 3.40. The number of allylic oxidation sites excluding steroid dienone is 2. The van der Waals surface area contributed by atoms with Crippen molar-refractivity contribution < 1.29 is 14.1 Å². The molecule has 0 spiro atoms. The van der Waals surface area contributed by atoms with Crippen LogP contribution in [0.25, 0.3) is 0 Å². The molecular weight excluding hydrogens is 307 g/mol. The molecule has 0 saturated carbocycles. The van der Waals surface area contributed by atoms with E-state index >= 15 is 0 Å². The molecule has 0 aliphatic carbocycles. The molecule has 0 aromatic heterocycles. The number of carbonyl (C=O) groups is 1. The van der Waals surface area contributed by atoms with E-state index in [0.29, 0.717) is 15.9 Å². The van der Waals surface area contributed by atoms with Crippen LogP contribution in [0.15, 0.2) is 28.4 Å². The third-order valence-electron chi connectivity index (χ3n) is 1.98. The smallest absolute Gasteiger partial charge is 0.306 e. The summed E-state index contributed by atoms with van der Waals surface area (Å²) in [5.74, 6) is -1.10. The summed E-state index contributed by atoms with van der Waals surface area (Å²) in [5, 5.41) is 13.3. The van der Waals surface area contributed by atoms with Gasteiger partial charge in [0, 0.05) is 22.3 Å². The Balaban J connectivity index is 3.09. The number of anilines is 1. The van der Waals surface area contributed by atoms with Crippen molar-refractivity contribution in [3.63, 3.8) is 0 Å². The van der Waals surface area contributed by atoms with Crippen molar-refractivity contribution in [2.75, 3.05) is 5.32 Å². The molecule has 18 heavy (non-hydrogen) atoms. The molecule has 1 aromatic rings. The summed E-state index contributed by atoms with van der Waals surface area (Å²) < 4.78 is 13.7. The molecule has 0 heterocycles. The topological polar surface area (TPSA) is 72.2 Å². The standard InChI is InChI=1S/C11H10BrFN2O3/c1-6(3-7(2)16)14-10-5-9(13)11(15(17)18)4-8(10)12/h3-5,14H,1-2H3. The van der Waals surface area contributed by atoms with Gasteiger partial charge in [0.1, 0.15) is 0 Å². The zero-order chi connectivity index (χ0) is 13.9. The van der Waals surface area contributed by atoms with Gasteiger partial charge in [0.15, 0.2) is 5.78 Å². The average Bonchev–Trinajstić information content (AvgIpc) is 2.21. The van der Waals surface area contributed by atoms with Crippen LogP contribution in [-0.2, 0) is 4.79 Å². The van der Waals surface area contributed by atoms with Gasteiger partial charge in [-0.15, -0.1) is 0 Å². The van der Waals surface area contributed by atoms with E-state index in [1.165, 1.54) is 13.0 Å². The van der Waals surface area contributed by atoms with Gasteiger partial charge in [0.05, 0.1) is 10.6 Å². The maximum Gasteiger partial charge on any atom is 0.306 e. The Morgan fingerprint density at radius 3 is 2.61 bits per heavy atom. The first-order valence-electron chi connectivity index (χ1n) is 4.90. The second-order valence-electron chi connectivity index (χ2n) is 3.60. The van der Waals surface area contributed by atoms with Crippen LogP contribution in [0, 0.1) is 15.9 Å². The highest BCUT2D eigenvalue weighted by Gasteiger charge is 2.17. The number of hydrogen-bond donors (Lipinski definition) is 1. The lowest BCUT2D eigenvalue weighted by Crippen LogP contribution is -2.01. The Hall–Kier alpha value is -1.76. The fraction of sp³-hybridized carbons (Fsp3) is 0.182. The molecule has 0 saturated heterocycles. The normalized spacial score (nSPS) is 11.2. The molecule has 0 aliphatic heterocycles. The van der Waals surface area contributed by atoms with Gasteiger partial charge in [0.25, 0.3) is 0 Å². The zero-order valence-corrected chi connectivity index (χ0v) is 11.2. The van der Waals surface area contributed by atoms with Crippen molar-refractivity contribution in [1.82, 2.24) is 0 Å². The first-order valence-corrected chi connectivity index (χ1v) is 5.70. The number of carbonyl (C=O) groups excluding carboxylic acids is 1. The molecule has 7 heteroatoms. The van der Waals surface area contributed by atoms with Gasteiger partial charge < -0.3 is 5.32 Å². The molecule has 96 valence electrons. The Morgan fingerprint density at radius 1 is 1.50 bits per heavy atom. The molecule has 1 rings (SSSR count). The third kappa shape index (κ3) is 3.63. The quantitative estimate of drug-likeness (QED) is 0.525. The Labute approximate surface area is 111 Å². The van der Waals surface area contributed by atoms with Gasteiger partial charge in [-0.05, 0) is 35.9 Å². The fourth-order valence-electron chi connectivity index (χ4n) is 1.33. The molecule has 0 unspecified atom stereocenters.